The normalized spacial score (nSPS) is 20.0. The van der Waals surface area contributed by atoms with Gasteiger partial charge >= 0.3 is 0 Å². The van der Waals surface area contributed by atoms with Gasteiger partial charge in [-0.1, -0.05) is 18.2 Å². The Morgan fingerprint density at radius 3 is 2.96 bits per heavy atom. The van der Waals surface area contributed by atoms with Crippen LogP contribution >= 0.6 is 0 Å². The fourth-order valence-corrected chi connectivity index (χ4v) is 4.01. The van der Waals surface area contributed by atoms with Crippen LogP contribution in [0.25, 0.3) is 0 Å². The van der Waals surface area contributed by atoms with Crippen molar-refractivity contribution in [2.75, 3.05) is 13.1 Å². The van der Waals surface area contributed by atoms with E-state index in [4.69, 9.17) is 0 Å². The second-order valence-electron chi connectivity index (χ2n) is 6.95. The van der Waals surface area contributed by atoms with Gasteiger partial charge in [0.1, 0.15) is 6.33 Å². The van der Waals surface area contributed by atoms with Gasteiger partial charge in [-0.2, -0.15) is 0 Å². The number of piperidine rings is 1. The van der Waals surface area contributed by atoms with Gasteiger partial charge in [0.25, 0.3) is 0 Å². The van der Waals surface area contributed by atoms with Crippen molar-refractivity contribution in [2.24, 2.45) is 0 Å². The number of aryl methyl sites for hydroxylation is 2. The third-order valence-corrected chi connectivity index (χ3v) is 5.32. The maximum absolute atomic E-state index is 12.7. The van der Waals surface area contributed by atoms with Gasteiger partial charge in [0, 0.05) is 30.9 Å². The molecule has 4 nitrogen and oxygen atoms in total. The van der Waals surface area contributed by atoms with Crippen molar-refractivity contribution < 1.29 is 4.79 Å². The summed E-state index contributed by atoms with van der Waals surface area (Å²) in [6.07, 6.45) is 9.65. The van der Waals surface area contributed by atoms with Gasteiger partial charge < -0.3 is 4.90 Å². The van der Waals surface area contributed by atoms with Crippen LogP contribution in [0.4, 0.5) is 0 Å². The molecular formula is C20H23N3O. The summed E-state index contributed by atoms with van der Waals surface area (Å²) in [5.74, 6) is 0.581. The van der Waals surface area contributed by atoms with Crippen molar-refractivity contribution >= 4 is 5.91 Å². The molecule has 4 rings (SSSR count). The molecule has 124 valence electrons. The zero-order valence-corrected chi connectivity index (χ0v) is 13.9. The number of aromatic nitrogens is 2. The molecule has 1 atom stereocenters. The molecule has 0 saturated carbocycles. The van der Waals surface area contributed by atoms with E-state index in [0.717, 1.165) is 43.6 Å². The first-order chi connectivity index (χ1) is 11.8. The van der Waals surface area contributed by atoms with Crippen LogP contribution in [0.1, 0.15) is 47.6 Å². The SMILES string of the molecule is O=C(Cc1ccc2c(c1)CCC2)N1CCC[C@H](c2ccncn2)C1. The van der Waals surface area contributed by atoms with Crippen LogP contribution in [0.15, 0.2) is 36.8 Å². The van der Waals surface area contributed by atoms with Crippen molar-refractivity contribution in [1.29, 1.82) is 0 Å². The van der Waals surface area contributed by atoms with E-state index in [9.17, 15) is 4.79 Å². The molecule has 1 amide bonds. The van der Waals surface area contributed by atoms with Crippen molar-refractivity contribution in [3.63, 3.8) is 0 Å². The third-order valence-electron chi connectivity index (χ3n) is 5.32. The number of benzene rings is 1. The largest absolute Gasteiger partial charge is 0.342 e. The van der Waals surface area contributed by atoms with Gasteiger partial charge in [-0.3, -0.25) is 4.79 Å². The van der Waals surface area contributed by atoms with Gasteiger partial charge in [-0.15, -0.1) is 0 Å². The van der Waals surface area contributed by atoms with Gasteiger partial charge in [0.2, 0.25) is 5.91 Å². The molecule has 0 unspecified atom stereocenters. The summed E-state index contributed by atoms with van der Waals surface area (Å²) in [6.45, 7) is 1.64. The Labute approximate surface area is 142 Å². The Kier molecular flexibility index (Phi) is 4.28. The van der Waals surface area contributed by atoms with Crippen LogP contribution in [-0.2, 0) is 24.1 Å². The quantitative estimate of drug-likeness (QED) is 0.873. The highest BCUT2D eigenvalue weighted by Crippen LogP contribution is 2.26. The lowest BCUT2D eigenvalue weighted by Gasteiger charge is -2.32. The van der Waals surface area contributed by atoms with E-state index in [-0.39, 0.29) is 5.91 Å². The predicted molar refractivity (Wildman–Crippen MR) is 92.8 cm³/mol. The summed E-state index contributed by atoms with van der Waals surface area (Å²) in [7, 11) is 0. The second kappa shape index (κ2) is 6.71. The standard InChI is InChI=1S/C20H23N3O/c24-20(12-15-6-7-16-3-1-4-17(16)11-15)23-10-2-5-18(13-23)19-8-9-21-14-22-19/h6-9,11,14,18H,1-5,10,12-13H2/t18-/m0/s1. The highest BCUT2D eigenvalue weighted by molar-refractivity contribution is 5.79. The highest BCUT2D eigenvalue weighted by Gasteiger charge is 2.25. The number of carbonyl (C=O) groups excluding carboxylic acids is 1. The van der Waals surface area contributed by atoms with E-state index in [1.54, 1.807) is 12.5 Å². The zero-order chi connectivity index (χ0) is 16.4. The molecule has 1 fully saturated rings. The number of hydrogen-bond acceptors (Lipinski definition) is 3. The molecule has 1 aliphatic heterocycles. The van der Waals surface area contributed by atoms with Crippen molar-refractivity contribution in [1.82, 2.24) is 14.9 Å². The molecule has 1 aliphatic carbocycles. The summed E-state index contributed by atoms with van der Waals surface area (Å²) in [5.41, 5.74) is 5.12. The van der Waals surface area contributed by atoms with Crippen molar-refractivity contribution in [3.8, 4) is 0 Å². The number of likely N-dealkylation sites (tertiary alicyclic amines) is 1. The molecule has 2 heterocycles. The molecular weight excluding hydrogens is 298 g/mol. The lowest BCUT2D eigenvalue weighted by molar-refractivity contribution is -0.131. The number of carbonyl (C=O) groups is 1. The van der Waals surface area contributed by atoms with E-state index in [2.05, 4.69) is 28.2 Å². The van der Waals surface area contributed by atoms with Crippen molar-refractivity contribution in [2.45, 2.75) is 44.4 Å². The topological polar surface area (TPSA) is 46.1 Å². The molecule has 2 aliphatic rings. The van der Waals surface area contributed by atoms with Crippen LogP contribution in [0.2, 0.25) is 0 Å². The monoisotopic (exact) mass is 321 g/mol. The molecule has 4 heteroatoms. The average molecular weight is 321 g/mol. The lowest BCUT2D eigenvalue weighted by atomic mass is 9.94. The predicted octanol–water partition coefficient (Wildman–Crippen LogP) is 2.91. The summed E-state index contributed by atoms with van der Waals surface area (Å²) in [5, 5.41) is 0. The smallest absolute Gasteiger partial charge is 0.227 e. The minimum atomic E-state index is 0.242. The molecule has 24 heavy (non-hydrogen) atoms. The summed E-state index contributed by atoms with van der Waals surface area (Å²) >= 11 is 0. The summed E-state index contributed by atoms with van der Waals surface area (Å²) in [6, 6.07) is 8.56. The average Bonchev–Trinajstić information content (AvgIpc) is 3.10. The Bertz CT molecular complexity index is 729. The van der Waals surface area contributed by atoms with Gasteiger partial charge in [0.15, 0.2) is 0 Å². The molecule has 1 aromatic carbocycles. The molecule has 0 radical (unpaired) electrons. The number of hydrogen-bond donors (Lipinski definition) is 0. The number of nitrogens with zero attached hydrogens (tertiary/aromatic N) is 3. The molecule has 0 spiro atoms. The highest BCUT2D eigenvalue weighted by atomic mass is 16.2. The number of amides is 1. The minimum Gasteiger partial charge on any atom is -0.342 e. The van der Waals surface area contributed by atoms with Gasteiger partial charge in [0.05, 0.1) is 6.42 Å². The molecule has 1 aromatic heterocycles. The fraction of sp³-hybridized carbons (Fsp3) is 0.450. The van der Waals surface area contributed by atoms with Gasteiger partial charge in [-0.05, 0) is 54.9 Å². The number of fused-ring (bicyclic) bond motifs is 1. The molecule has 0 bridgehead atoms. The lowest BCUT2D eigenvalue weighted by Crippen LogP contribution is -2.40. The molecule has 0 N–H and O–H groups in total. The minimum absolute atomic E-state index is 0.242. The number of rotatable bonds is 3. The molecule has 1 saturated heterocycles. The van der Waals surface area contributed by atoms with Crippen molar-refractivity contribution in [3.05, 3.63) is 59.2 Å². The van der Waals surface area contributed by atoms with Crippen LogP contribution in [0.3, 0.4) is 0 Å². The first-order valence-electron chi connectivity index (χ1n) is 8.94. The van der Waals surface area contributed by atoms with E-state index in [1.165, 1.54) is 24.0 Å². The Balaban J connectivity index is 1.42. The van der Waals surface area contributed by atoms with E-state index >= 15 is 0 Å². The molecule has 2 aromatic rings. The van der Waals surface area contributed by atoms with Gasteiger partial charge in [-0.25, -0.2) is 9.97 Å². The third kappa shape index (κ3) is 3.18. The Morgan fingerprint density at radius 2 is 2.08 bits per heavy atom. The fourth-order valence-electron chi connectivity index (χ4n) is 4.01. The van der Waals surface area contributed by atoms with E-state index < -0.39 is 0 Å². The van der Waals surface area contributed by atoms with Crippen LogP contribution < -0.4 is 0 Å². The van der Waals surface area contributed by atoms with Crippen LogP contribution in [-0.4, -0.2) is 33.9 Å². The Morgan fingerprint density at radius 1 is 1.17 bits per heavy atom. The van der Waals surface area contributed by atoms with E-state index in [1.807, 2.05) is 11.0 Å². The summed E-state index contributed by atoms with van der Waals surface area (Å²) in [4.78, 5) is 23.1. The maximum Gasteiger partial charge on any atom is 0.227 e. The first-order valence-corrected chi connectivity index (χ1v) is 8.94. The van der Waals surface area contributed by atoms with E-state index in [0.29, 0.717) is 12.3 Å². The zero-order valence-electron chi connectivity index (χ0n) is 13.9. The summed E-state index contributed by atoms with van der Waals surface area (Å²) < 4.78 is 0. The maximum atomic E-state index is 12.7. The van der Waals surface area contributed by atoms with Crippen LogP contribution in [0.5, 0.6) is 0 Å². The second-order valence-corrected chi connectivity index (χ2v) is 6.95. The van der Waals surface area contributed by atoms with Crippen LogP contribution in [0, 0.1) is 0 Å². The Hall–Kier alpha value is -2.23. The first kappa shape index (κ1) is 15.3.